The zero-order valence-corrected chi connectivity index (χ0v) is 22.8. The highest BCUT2D eigenvalue weighted by molar-refractivity contribution is 14.1. The summed E-state index contributed by atoms with van der Waals surface area (Å²) in [6.45, 7) is 2.04. The van der Waals surface area contributed by atoms with Crippen molar-refractivity contribution in [3.8, 4) is 11.1 Å². The van der Waals surface area contributed by atoms with Crippen LogP contribution in [0.5, 0.6) is 0 Å². The first-order valence-electron chi connectivity index (χ1n) is 11.2. The molecule has 0 saturated heterocycles. The first-order valence-corrected chi connectivity index (χ1v) is 14.1. The van der Waals surface area contributed by atoms with Crippen molar-refractivity contribution in [2.24, 2.45) is 0 Å². The largest absolute Gasteiger partial charge is 0.244 e. The van der Waals surface area contributed by atoms with Gasteiger partial charge in [-0.3, -0.25) is 0 Å². The summed E-state index contributed by atoms with van der Waals surface area (Å²) >= 11 is 8.97. The lowest BCUT2D eigenvalue weighted by atomic mass is 9.83. The Bertz CT molecular complexity index is 1490. The quantitative estimate of drug-likeness (QED) is 0.219. The van der Waals surface area contributed by atoms with Gasteiger partial charge in [-0.2, -0.15) is 4.31 Å². The van der Waals surface area contributed by atoms with E-state index < -0.39 is 15.6 Å². The maximum atomic E-state index is 14.1. The van der Waals surface area contributed by atoms with Crippen molar-refractivity contribution in [1.82, 2.24) is 4.31 Å². The van der Waals surface area contributed by atoms with Crippen LogP contribution in [-0.4, -0.2) is 19.3 Å². The highest BCUT2D eigenvalue weighted by Gasteiger charge is 2.54. The Balaban J connectivity index is 1.73. The Kier molecular flexibility index (Phi) is 6.61. The SMILES string of the molecule is Cc1ccc(S(=O)(=O)N2CC(Cl)=C(I)C2(c2ccccc2)c2ccc(-c3ccccc3)cc2)cc1. The topological polar surface area (TPSA) is 37.4 Å². The van der Waals surface area contributed by atoms with E-state index in [1.54, 1.807) is 16.4 Å². The average Bonchev–Trinajstić information content (AvgIpc) is 3.17. The van der Waals surface area contributed by atoms with Crippen LogP contribution in [-0.2, 0) is 15.6 Å². The number of nitrogens with zero attached hydrogens (tertiary/aromatic N) is 1. The molecule has 1 heterocycles. The summed E-state index contributed by atoms with van der Waals surface area (Å²) in [4.78, 5) is 0.250. The Labute approximate surface area is 225 Å². The molecule has 4 aromatic carbocycles. The van der Waals surface area contributed by atoms with E-state index in [4.69, 9.17) is 11.6 Å². The summed E-state index contributed by atoms with van der Waals surface area (Å²) in [6, 6.07) is 35.0. The average molecular weight is 612 g/mol. The molecule has 3 nitrogen and oxygen atoms in total. The lowest BCUT2D eigenvalue weighted by molar-refractivity contribution is 0.330. The summed E-state index contributed by atoms with van der Waals surface area (Å²) in [7, 11) is -3.89. The van der Waals surface area contributed by atoms with Crippen molar-refractivity contribution in [1.29, 1.82) is 0 Å². The normalized spacial score (nSPS) is 18.7. The van der Waals surface area contributed by atoms with Crippen LogP contribution in [0.3, 0.4) is 0 Å². The van der Waals surface area contributed by atoms with Gasteiger partial charge in [0.05, 0.1) is 11.4 Å². The van der Waals surface area contributed by atoms with E-state index in [0.29, 0.717) is 5.03 Å². The molecule has 6 heteroatoms. The zero-order valence-electron chi connectivity index (χ0n) is 19.0. The predicted octanol–water partition coefficient (Wildman–Crippen LogP) is 7.50. The molecule has 35 heavy (non-hydrogen) atoms. The molecule has 0 amide bonds. The lowest BCUT2D eigenvalue weighted by Gasteiger charge is -2.39. The number of hydrogen-bond acceptors (Lipinski definition) is 2. The van der Waals surface area contributed by atoms with E-state index in [2.05, 4.69) is 34.7 Å². The molecule has 1 aliphatic rings. The minimum absolute atomic E-state index is 0.103. The monoisotopic (exact) mass is 611 g/mol. The molecule has 0 bridgehead atoms. The molecule has 0 spiro atoms. The fourth-order valence-electron chi connectivity index (χ4n) is 4.64. The second kappa shape index (κ2) is 9.54. The van der Waals surface area contributed by atoms with E-state index in [1.807, 2.05) is 91.9 Å². The first-order chi connectivity index (χ1) is 16.8. The molecule has 0 aliphatic carbocycles. The van der Waals surface area contributed by atoms with Gasteiger partial charge in [0.2, 0.25) is 10.0 Å². The van der Waals surface area contributed by atoms with Crippen LogP contribution in [0.15, 0.2) is 123 Å². The predicted molar refractivity (Wildman–Crippen MR) is 151 cm³/mol. The highest BCUT2D eigenvalue weighted by Crippen LogP contribution is 2.54. The molecular weight excluding hydrogens is 589 g/mol. The van der Waals surface area contributed by atoms with E-state index >= 15 is 0 Å². The van der Waals surface area contributed by atoms with Gasteiger partial charge in [0.1, 0.15) is 5.54 Å². The molecule has 0 radical (unpaired) electrons. The van der Waals surface area contributed by atoms with Crippen molar-refractivity contribution in [2.75, 3.05) is 6.54 Å². The third-order valence-corrected chi connectivity index (χ3v) is 10.3. The minimum Gasteiger partial charge on any atom is -0.207 e. The summed E-state index contributed by atoms with van der Waals surface area (Å²) in [5.74, 6) is 0. The molecule has 0 N–H and O–H groups in total. The van der Waals surface area contributed by atoms with E-state index in [9.17, 15) is 8.42 Å². The Hall–Kier alpha value is -2.45. The molecule has 0 fully saturated rings. The van der Waals surface area contributed by atoms with Crippen molar-refractivity contribution >= 4 is 44.2 Å². The van der Waals surface area contributed by atoms with Crippen LogP contribution >= 0.6 is 34.2 Å². The number of rotatable bonds is 5. The summed E-state index contributed by atoms with van der Waals surface area (Å²) in [5.41, 5.74) is 3.79. The van der Waals surface area contributed by atoms with Gasteiger partial charge in [-0.15, -0.1) is 0 Å². The number of sulfonamides is 1. The molecule has 176 valence electrons. The van der Waals surface area contributed by atoms with Gasteiger partial charge >= 0.3 is 0 Å². The van der Waals surface area contributed by atoms with Crippen molar-refractivity contribution in [3.05, 3.63) is 134 Å². The van der Waals surface area contributed by atoms with Gasteiger partial charge in [-0.25, -0.2) is 8.42 Å². The lowest BCUT2D eigenvalue weighted by Crippen LogP contribution is -2.47. The Morgan fingerprint density at radius 3 is 1.86 bits per heavy atom. The first kappa shape index (κ1) is 24.3. The molecule has 1 unspecified atom stereocenters. The number of halogens is 2. The molecule has 1 aliphatic heterocycles. The van der Waals surface area contributed by atoms with Crippen molar-refractivity contribution in [3.63, 3.8) is 0 Å². The second-order valence-corrected chi connectivity index (χ2v) is 12.0. The van der Waals surface area contributed by atoms with Crippen LogP contribution in [0.2, 0.25) is 0 Å². The van der Waals surface area contributed by atoms with Crippen LogP contribution in [0, 0.1) is 6.92 Å². The van der Waals surface area contributed by atoms with E-state index in [-0.39, 0.29) is 11.4 Å². The van der Waals surface area contributed by atoms with E-state index in [0.717, 1.165) is 31.4 Å². The van der Waals surface area contributed by atoms with Crippen molar-refractivity contribution < 1.29 is 8.42 Å². The van der Waals surface area contributed by atoms with Crippen LogP contribution < -0.4 is 0 Å². The molecule has 0 saturated carbocycles. The van der Waals surface area contributed by atoms with Gasteiger partial charge in [-0.1, -0.05) is 114 Å². The number of hydrogen-bond donors (Lipinski definition) is 0. The zero-order chi connectivity index (χ0) is 24.6. The van der Waals surface area contributed by atoms with Gasteiger partial charge in [-0.05, 0) is 63.9 Å². The van der Waals surface area contributed by atoms with Gasteiger partial charge in [0.25, 0.3) is 0 Å². The van der Waals surface area contributed by atoms with E-state index in [1.165, 1.54) is 0 Å². The third kappa shape index (κ3) is 4.14. The third-order valence-electron chi connectivity index (χ3n) is 6.42. The maximum Gasteiger partial charge on any atom is 0.244 e. The fourth-order valence-corrected chi connectivity index (χ4v) is 7.92. The fraction of sp³-hybridized carbons (Fsp3) is 0.103. The standard InChI is InChI=1S/C29H23ClINO2S/c1-21-12-18-26(19-13-21)35(33,34)32-20-27(30)28(31)29(32,24-10-6-3-7-11-24)25-16-14-23(15-17-25)22-8-4-2-5-9-22/h2-19H,20H2,1H3. The smallest absolute Gasteiger partial charge is 0.207 e. The minimum atomic E-state index is -3.89. The molecular formula is C29H23ClINO2S. The Morgan fingerprint density at radius 2 is 1.26 bits per heavy atom. The molecule has 0 aromatic heterocycles. The second-order valence-electron chi connectivity index (χ2n) is 8.56. The van der Waals surface area contributed by atoms with Gasteiger partial charge in [0, 0.05) is 8.61 Å². The summed E-state index contributed by atoms with van der Waals surface area (Å²) < 4.78 is 30.6. The van der Waals surface area contributed by atoms with Gasteiger partial charge < -0.3 is 0 Å². The van der Waals surface area contributed by atoms with Gasteiger partial charge in [0.15, 0.2) is 0 Å². The molecule has 5 rings (SSSR count). The van der Waals surface area contributed by atoms with Crippen LogP contribution in [0.1, 0.15) is 16.7 Å². The number of aryl methyl sites for hydroxylation is 1. The van der Waals surface area contributed by atoms with Crippen LogP contribution in [0.25, 0.3) is 11.1 Å². The molecule has 4 aromatic rings. The highest BCUT2D eigenvalue weighted by atomic mass is 127. The maximum absolute atomic E-state index is 14.1. The summed E-state index contributed by atoms with van der Waals surface area (Å²) in [6.07, 6.45) is 0. The molecule has 1 atom stereocenters. The Morgan fingerprint density at radius 1 is 0.743 bits per heavy atom. The summed E-state index contributed by atoms with van der Waals surface area (Å²) in [5, 5.41) is 0.525. The number of benzene rings is 4. The van der Waals surface area contributed by atoms with Crippen molar-refractivity contribution in [2.45, 2.75) is 17.4 Å². The van der Waals surface area contributed by atoms with Crippen LogP contribution in [0.4, 0.5) is 0 Å².